The molecule has 0 saturated heterocycles. The molecule has 1 N–H and O–H groups in total. The Morgan fingerprint density at radius 1 is 0.260 bits per heavy atom. The second kappa shape index (κ2) is 63.7. The van der Waals surface area contributed by atoms with E-state index in [0.29, 0.717) is 19.3 Å². The molecular weight excluding hydrogens is 949 g/mol. The Hall–Kier alpha value is -1.43. The Kier molecular flexibility index (Phi) is 62.6. The summed E-state index contributed by atoms with van der Waals surface area (Å²) in [4.78, 5) is 39.4. The topological polar surface area (TPSA) is 89.9 Å². The quantitative estimate of drug-likeness (QED) is 0.0482. The van der Waals surface area contributed by atoms with Gasteiger partial charge in [-0.15, -0.1) is 0 Å². The molecule has 0 aromatic carbocycles. The lowest BCUT2D eigenvalue weighted by Crippen LogP contribution is -2.40. The molecule has 0 spiro atoms. The van der Waals surface area contributed by atoms with E-state index >= 15 is 0 Å². The van der Waals surface area contributed by atoms with Gasteiger partial charge in [-0.05, 0) is 19.3 Å². The van der Waals surface area contributed by atoms with E-state index in [2.05, 4.69) is 20.8 Å². The van der Waals surface area contributed by atoms with Crippen molar-refractivity contribution in [2.75, 3.05) is 19.8 Å². The summed E-state index contributed by atoms with van der Waals surface area (Å²) in [6.45, 7) is 6.30. The Bertz CT molecular complexity index is 1130. The summed E-state index contributed by atoms with van der Waals surface area (Å²) in [5.41, 5.74) is -1.10. The molecule has 0 fully saturated rings. The number of carbonyl (C=O) groups excluding carboxylic acids is 3. The van der Waals surface area contributed by atoms with Crippen LogP contribution in [-0.4, -0.2) is 42.6 Å². The fourth-order valence-electron chi connectivity index (χ4n) is 11.5. The smallest absolute Gasteiger partial charge is 0.305 e. The molecule has 0 aromatic heterocycles. The summed E-state index contributed by atoms with van der Waals surface area (Å²) in [6.07, 6.45) is 75.9. The molecular formula is C71H138O6. The maximum absolute atomic E-state index is 13.4. The molecule has 6 nitrogen and oxygen atoms in total. The standard InChI is InChI=1S/C71H138O6/c1-4-7-10-13-16-19-22-25-28-31-34-37-40-43-46-49-52-55-58-61-68(73)64-71(65-72,66-76-69(74)62-59-56-53-50-47-44-41-38-35-32-29-26-23-20-17-14-11-8-5-2)67-77-70(75)63-60-57-54-51-48-45-42-39-36-33-30-27-24-21-18-15-12-9-6-3/h72H,4-67H2,1-3H3. The third-order valence-electron chi connectivity index (χ3n) is 17.0. The number of unbranched alkanes of at least 4 members (excludes halogenated alkanes) is 54. The molecule has 0 heterocycles. The number of hydrogen-bond donors (Lipinski definition) is 1. The number of hydrogen-bond acceptors (Lipinski definition) is 6. The number of rotatable bonds is 67. The first kappa shape index (κ1) is 75.6. The van der Waals surface area contributed by atoms with Crippen LogP contribution in [0.3, 0.4) is 0 Å². The van der Waals surface area contributed by atoms with Gasteiger partial charge in [0.2, 0.25) is 0 Å². The third-order valence-corrected chi connectivity index (χ3v) is 17.0. The summed E-state index contributed by atoms with van der Waals surface area (Å²) in [7, 11) is 0. The highest BCUT2D eigenvalue weighted by atomic mass is 16.5. The van der Waals surface area contributed by atoms with Crippen LogP contribution >= 0.6 is 0 Å². The van der Waals surface area contributed by atoms with E-state index < -0.39 is 5.41 Å². The normalized spacial score (nSPS) is 11.7. The molecule has 0 aliphatic heterocycles. The van der Waals surface area contributed by atoms with Gasteiger partial charge in [-0.2, -0.15) is 0 Å². The van der Waals surface area contributed by atoms with Gasteiger partial charge in [0.1, 0.15) is 19.0 Å². The van der Waals surface area contributed by atoms with Crippen LogP contribution in [0, 0.1) is 5.41 Å². The average molecular weight is 1090 g/mol. The number of carbonyl (C=O) groups is 3. The summed E-state index contributed by atoms with van der Waals surface area (Å²) < 4.78 is 11.5. The Labute approximate surface area is 482 Å². The Morgan fingerprint density at radius 2 is 0.429 bits per heavy atom. The van der Waals surface area contributed by atoms with E-state index in [4.69, 9.17) is 9.47 Å². The van der Waals surface area contributed by atoms with Crippen molar-refractivity contribution in [2.45, 2.75) is 412 Å². The highest BCUT2D eigenvalue weighted by Gasteiger charge is 2.36. The van der Waals surface area contributed by atoms with Crippen molar-refractivity contribution in [2.24, 2.45) is 5.41 Å². The Balaban J connectivity index is 4.48. The van der Waals surface area contributed by atoms with Gasteiger partial charge in [-0.1, -0.05) is 367 Å². The van der Waals surface area contributed by atoms with Gasteiger partial charge in [-0.25, -0.2) is 0 Å². The lowest BCUT2D eigenvalue weighted by atomic mass is 9.84. The zero-order valence-electron chi connectivity index (χ0n) is 52.7. The first-order valence-corrected chi connectivity index (χ1v) is 35.4. The lowest BCUT2D eigenvalue weighted by molar-refractivity contribution is -0.158. The van der Waals surface area contributed by atoms with Crippen molar-refractivity contribution in [1.29, 1.82) is 0 Å². The second-order valence-electron chi connectivity index (χ2n) is 25.0. The van der Waals surface area contributed by atoms with Crippen LogP contribution in [0.1, 0.15) is 412 Å². The van der Waals surface area contributed by atoms with E-state index in [1.807, 2.05) is 0 Å². The number of esters is 2. The SMILES string of the molecule is CCCCCCCCCCCCCCCCCCCCCC(=O)CC(CO)(COC(=O)CCCCCCCCCCCCCCCCCCCCC)COC(=O)CCCCCCCCCCCCCCCCCCCCC. The van der Waals surface area contributed by atoms with Gasteiger partial charge in [0.25, 0.3) is 0 Å². The number of aliphatic hydroxyl groups excluding tert-OH is 1. The average Bonchev–Trinajstić information content (AvgIpc) is 3.43. The maximum atomic E-state index is 13.4. The van der Waals surface area contributed by atoms with Crippen molar-refractivity contribution < 1.29 is 29.0 Å². The Morgan fingerprint density at radius 3 is 0.610 bits per heavy atom. The maximum Gasteiger partial charge on any atom is 0.305 e. The van der Waals surface area contributed by atoms with E-state index in [-0.39, 0.29) is 44.0 Å². The molecule has 0 aliphatic rings. The first-order valence-electron chi connectivity index (χ1n) is 35.4. The van der Waals surface area contributed by atoms with Crippen molar-refractivity contribution in [1.82, 2.24) is 0 Å². The van der Waals surface area contributed by atoms with Gasteiger partial charge >= 0.3 is 11.9 Å². The molecule has 0 bridgehead atoms. The molecule has 0 unspecified atom stereocenters. The zero-order chi connectivity index (χ0) is 55.9. The van der Waals surface area contributed by atoms with Crippen molar-refractivity contribution in [3.8, 4) is 0 Å². The summed E-state index contributed by atoms with van der Waals surface area (Å²) >= 11 is 0. The fraction of sp³-hybridized carbons (Fsp3) is 0.958. The minimum Gasteiger partial charge on any atom is -0.465 e. The van der Waals surface area contributed by atoms with Gasteiger partial charge < -0.3 is 14.6 Å². The van der Waals surface area contributed by atoms with Crippen LogP contribution in [0.15, 0.2) is 0 Å². The van der Waals surface area contributed by atoms with Gasteiger partial charge in [-0.3, -0.25) is 14.4 Å². The minimum absolute atomic E-state index is 0.0516. The number of ketones is 1. The van der Waals surface area contributed by atoms with E-state index in [9.17, 15) is 19.5 Å². The molecule has 77 heavy (non-hydrogen) atoms. The molecule has 0 aliphatic carbocycles. The molecule has 0 saturated carbocycles. The van der Waals surface area contributed by atoms with Gasteiger partial charge in [0.05, 0.1) is 12.0 Å². The van der Waals surface area contributed by atoms with Crippen LogP contribution < -0.4 is 0 Å². The van der Waals surface area contributed by atoms with Crippen LogP contribution in [0.4, 0.5) is 0 Å². The molecule has 0 radical (unpaired) electrons. The number of ether oxygens (including phenoxy) is 2. The zero-order valence-corrected chi connectivity index (χ0v) is 52.7. The van der Waals surface area contributed by atoms with E-state index in [1.54, 1.807) is 0 Å². The van der Waals surface area contributed by atoms with Crippen molar-refractivity contribution >= 4 is 17.7 Å². The van der Waals surface area contributed by atoms with Crippen LogP contribution in [0.5, 0.6) is 0 Å². The molecule has 0 aromatic rings. The monoisotopic (exact) mass is 1090 g/mol. The fourth-order valence-corrected chi connectivity index (χ4v) is 11.5. The summed E-state index contributed by atoms with van der Waals surface area (Å²) in [6, 6.07) is 0. The number of Topliss-reactive ketones (excluding diaryl/α,β-unsaturated/α-hetero) is 1. The van der Waals surface area contributed by atoms with Gasteiger partial charge in [0.15, 0.2) is 0 Å². The molecule has 0 atom stereocenters. The minimum atomic E-state index is -1.10. The van der Waals surface area contributed by atoms with Crippen LogP contribution in [-0.2, 0) is 23.9 Å². The summed E-state index contributed by atoms with van der Waals surface area (Å²) in [5, 5.41) is 10.7. The molecule has 6 heteroatoms. The third kappa shape index (κ3) is 59.0. The number of aliphatic hydroxyl groups is 1. The van der Waals surface area contributed by atoms with E-state index in [0.717, 1.165) is 57.8 Å². The lowest BCUT2D eigenvalue weighted by Gasteiger charge is -2.30. The predicted molar refractivity (Wildman–Crippen MR) is 335 cm³/mol. The van der Waals surface area contributed by atoms with Crippen LogP contribution in [0.25, 0.3) is 0 Å². The van der Waals surface area contributed by atoms with Crippen molar-refractivity contribution in [3.05, 3.63) is 0 Å². The van der Waals surface area contributed by atoms with Crippen molar-refractivity contribution in [3.63, 3.8) is 0 Å². The predicted octanol–water partition coefficient (Wildman–Crippen LogP) is 23.5. The van der Waals surface area contributed by atoms with E-state index in [1.165, 1.54) is 308 Å². The highest BCUT2D eigenvalue weighted by Crippen LogP contribution is 2.27. The largest absolute Gasteiger partial charge is 0.465 e. The van der Waals surface area contributed by atoms with Crippen LogP contribution in [0.2, 0.25) is 0 Å². The first-order chi connectivity index (χ1) is 37.9. The highest BCUT2D eigenvalue weighted by molar-refractivity contribution is 5.79. The van der Waals surface area contributed by atoms with Gasteiger partial charge in [0, 0.05) is 25.7 Å². The molecule has 0 amide bonds. The summed E-state index contributed by atoms with van der Waals surface area (Å²) in [5.74, 6) is -0.529. The second-order valence-corrected chi connectivity index (χ2v) is 25.0. The molecule has 0 rings (SSSR count). The molecule has 458 valence electrons.